The van der Waals surface area contributed by atoms with Crippen LogP contribution in [0.5, 0.6) is 0 Å². The van der Waals surface area contributed by atoms with E-state index in [1.165, 1.54) is 15.3 Å². The fourth-order valence-corrected chi connectivity index (χ4v) is 7.36. The van der Waals surface area contributed by atoms with Gasteiger partial charge in [0, 0.05) is 10.8 Å². The molecule has 0 bridgehead atoms. The predicted molar refractivity (Wildman–Crippen MR) is 144 cm³/mol. The number of fused-ring (bicyclic) bond motifs is 1. The van der Waals surface area contributed by atoms with Crippen molar-refractivity contribution in [2.24, 2.45) is 0 Å². The van der Waals surface area contributed by atoms with E-state index < -0.39 is 26.5 Å². The van der Waals surface area contributed by atoms with E-state index in [9.17, 15) is 13.2 Å². The van der Waals surface area contributed by atoms with Crippen LogP contribution in [0.3, 0.4) is 0 Å². The maximum Gasteiger partial charge on any atom is 0.407 e. The molecule has 1 aromatic carbocycles. The van der Waals surface area contributed by atoms with E-state index in [1.807, 2.05) is 23.6 Å². The standard InChI is InChI=1S/C25H28BrN3O5S2/c1-24(2,3)34-23(30)27-13-19-12-17-8-5-6-10-21(17)29(19)36(31,32)25(4)11-7-9-20(26)22(25)33-14-18-15-35-16-28-18/h5-10,12,15-16H,11,13-14H2,1-4H3,(H,27,30). The normalized spacial score (nSPS) is 18.5. The number of nitrogens with zero attached hydrogens (tertiary/aromatic N) is 2. The van der Waals surface area contributed by atoms with E-state index in [2.05, 4.69) is 26.2 Å². The lowest BCUT2D eigenvalue weighted by Gasteiger charge is -2.34. The molecule has 36 heavy (non-hydrogen) atoms. The summed E-state index contributed by atoms with van der Waals surface area (Å²) in [5, 5.41) is 5.29. The van der Waals surface area contributed by atoms with Crippen LogP contribution >= 0.6 is 27.3 Å². The number of halogens is 1. The van der Waals surface area contributed by atoms with Gasteiger partial charge >= 0.3 is 6.09 Å². The molecule has 1 aliphatic carbocycles. The second-order valence-electron chi connectivity index (χ2n) is 9.60. The van der Waals surface area contributed by atoms with Crippen LogP contribution in [0.2, 0.25) is 0 Å². The number of rotatable bonds is 7. The highest BCUT2D eigenvalue weighted by molar-refractivity contribution is 9.11. The first-order valence-corrected chi connectivity index (χ1v) is 14.5. The van der Waals surface area contributed by atoms with Gasteiger partial charge in [0.1, 0.15) is 18.0 Å². The summed E-state index contributed by atoms with van der Waals surface area (Å²) in [6.07, 6.45) is 3.19. The fourth-order valence-electron chi connectivity index (χ4n) is 3.98. The van der Waals surface area contributed by atoms with Crippen LogP contribution in [0.25, 0.3) is 10.9 Å². The zero-order valence-corrected chi connectivity index (χ0v) is 23.7. The Labute approximate surface area is 223 Å². The molecule has 2 heterocycles. The minimum atomic E-state index is -4.09. The Bertz CT molecular complexity index is 1440. The smallest absolute Gasteiger partial charge is 0.407 e. The van der Waals surface area contributed by atoms with Gasteiger partial charge in [0.25, 0.3) is 10.0 Å². The number of aromatic nitrogens is 2. The number of thiazole rings is 1. The number of para-hydroxylation sites is 1. The summed E-state index contributed by atoms with van der Waals surface area (Å²) < 4.78 is 40.7. The third-order valence-corrected chi connectivity index (χ3v) is 9.34. The third-order valence-electron chi connectivity index (χ3n) is 5.68. The maximum absolute atomic E-state index is 14.4. The van der Waals surface area contributed by atoms with Crippen molar-refractivity contribution < 1.29 is 22.7 Å². The van der Waals surface area contributed by atoms with Crippen molar-refractivity contribution in [3.8, 4) is 0 Å². The minimum absolute atomic E-state index is 0.0331. The number of hydrogen-bond acceptors (Lipinski definition) is 7. The number of alkyl carbamates (subject to hydrolysis) is 1. The van der Waals surface area contributed by atoms with Crippen molar-refractivity contribution in [1.82, 2.24) is 14.3 Å². The van der Waals surface area contributed by atoms with Crippen molar-refractivity contribution in [3.63, 3.8) is 0 Å². The maximum atomic E-state index is 14.4. The first kappa shape index (κ1) is 26.4. The summed E-state index contributed by atoms with van der Waals surface area (Å²) in [4.78, 5) is 16.6. The van der Waals surface area contributed by atoms with Gasteiger partial charge < -0.3 is 14.8 Å². The number of nitrogens with one attached hydrogen (secondary N) is 1. The van der Waals surface area contributed by atoms with Crippen molar-refractivity contribution in [1.29, 1.82) is 0 Å². The van der Waals surface area contributed by atoms with Gasteiger partial charge in [-0.3, -0.25) is 0 Å². The van der Waals surface area contributed by atoms with Gasteiger partial charge in [-0.2, -0.15) is 0 Å². The second kappa shape index (κ2) is 10.0. The molecule has 1 amide bonds. The minimum Gasteiger partial charge on any atom is -0.489 e. The average Bonchev–Trinajstić information content (AvgIpc) is 3.43. The summed E-state index contributed by atoms with van der Waals surface area (Å²) in [6, 6.07) is 8.98. The summed E-state index contributed by atoms with van der Waals surface area (Å²) in [5.74, 6) is 0.307. The summed E-state index contributed by atoms with van der Waals surface area (Å²) in [6.45, 7) is 7.07. The Balaban J connectivity index is 1.74. The molecular formula is C25H28BrN3O5S2. The van der Waals surface area contributed by atoms with Gasteiger partial charge in [0.05, 0.1) is 33.4 Å². The first-order valence-electron chi connectivity index (χ1n) is 11.3. The molecule has 4 rings (SSSR count). The van der Waals surface area contributed by atoms with E-state index in [-0.39, 0.29) is 19.6 Å². The zero-order valence-electron chi connectivity index (χ0n) is 20.4. The molecular weight excluding hydrogens is 566 g/mol. The van der Waals surface area contributed by atoms with Gasteiger partial charge in [-0.05, 0) is 68.3 Å². The van der Waals surface area contributed by atoms with Crippen LogP contribution in [0.15, 0.2) is 63.6 Å². The van der Waals surface area contributed by atoms with E-state index in [0.717, 1.165) is 11.1 Å². The van der Waals surface area contributed by atoms with E-state index in [0.29, 0.717) is 21.5 Å². The second-order valence-corrected chi connectivity index (χ2v) is 13.4. The molecule has 0 saturated heterocycles. The van der Waals surface area contributed by atoms with Crippen molar-refractivity contribution in [3.05, 3.63) is 75.0 Å². The fraction of sp³-hybridized carbons (Fsp3) is 0.360. The van der Waals surface area contributed by atoms with Crippen molar-refractivity contribution in [2.45, 2.75) is 57.6 Å². The molecule has 0 saturated carbocycles. The van der Waals surface area contributed by atoms with Crippen LogP contribution in [0, 0.1) is 0 Å². The molecule has 192 valence electrons. The lowest BCUT2D eigenvalue weighted by Crippen LogP contribution is -2.44. The summed E-state index contributed by atoms with van der Waals surface area (Å²) >= 11 is 4.94. The Morgan fingerprint density at radius 2 is 2.06 bits per heavy atom. The van der Waals surface area contributed by atoms with Gasteiger partial charge in [-0.1, -0.05) is 24.3 Å². The van der Waals surface area contributed by atoms with Gasteiger partial charge in [0.15, 0.2) is 4.75 Å². The number of benzene rings is 1. The number of ether oxygens (including phenoxy) is 2. The van der Waals surface area contributed by atoms with Gasteiger partial charge in [-0.15, -0.1) is 11.3 Å². The number of carbonyl (C=O) groups is 1. The monoisotopic (exact) mass is 593 g/mol. The highest BCUT2D eigenvalue weighted by Crippen LogP contribution is 2.42. The number of carbonyl (C=O) groups excluding carboxylic acids is 1. The molecule has 1 aliphatic rings. The van der Waals surface area contributed by atoms with E-state index in [4.69, 9.17) is 9.47 Å². The molecule has 3 aromatic rings. The summed E-state index contributed by atoms with van der Waals surface area (Å²) in [7, 11) is -4.09. The lowest BCUT2D eigenvalue weighted by molar-refractivity contribution is 0.0522. The molecule has 1 N–H and O–H groups in total. The topological polar surface area (TPSA) is 99.5 Å². The van der Waals surface area contributed by atoms with Crippen molar-refractivity contribution in [2.75, 3.05) is 0 Å². The number of hydrogen-bond donors (Lipinski definition) is 1. The van der Waals surface area contributed by atoms with E-state index >= 15 is 0 Å². The lowest BCUT2D eigenvalue weighted by atomic mass is 9.99. The Morgan fingerprint density at radius 3 is 2.75 bits per heavy atom. The van der Waals surface area contributed by atoms with Crippen LogP contribution in [0.1, 0.15) is 45.5 Å². The molecule has 1 atom stereocenters. The molecule has 2 aromatic heterocycles. The quantitative estimate of drug-likeness (QED) is 0.369. The zero-order chi connectivity index (χ0) is 26.1. The van der Waals surface area contributed by atoms with E-state index in [1.54, 1.807) is 57.5 Å². The average molecular weight is 595 g/mol. The molecule has 8 nitrogen and oxygen atoms in total. The van der Waals surface area contributed by atoms with Crippen molar-refractivity contribution >= 4 is 54.3 Å². The molecule has 0 radical (unpaired) electrons. The van der Waals surface area contributed by atoms with Crippen LogP contribution in [-0.4, -0.2) is 33.8 Å². The molecule has 11 heteroatoms. The Kier molecular flexibility index (Phi) is 7.36. The van der Waals surface area contributed by atoms with Crippen LogP contribution in [0.4, 0.5) is 4.79 Å². The van der Waals surface area contributed by atoms with Gasteiger partial charge in [0.2, 0.25) is 0 Å². The third kappa shape index (κ3) is 5.23. The van der Waals surface area contributed by atoms with Crippen LogP contribution in [-0.2, 0) is 32.6 Å². The Morgan fingerprint density at radius 1 is 1.31 bits per heavy atom. The van der Waals surface area contributed by atoms with Gasteiger partial charge in [-0.25, -0.2) is 22.2 Å². The SMILES string of the molecule is CC(C)(C)OC(=O)NCc1cc2ccccc2n1S(=O)(=O)C1(C)CC=CC(Br)=C1OCc1cscn1. The largest absolute Gasteiger partial charge is 0.489 e. The molecule has 1 unspecified atom stereocenters. The Hall–Kier alpha value is -2.63. The molecule has 0 spiro atoms. The molecule has 0 fully saturated rings. The highest BCUT2D eigenvalue weighted by atomic mass is 79.9. The predicted octanol–water partition coefficient (Wildman–Crippen LogP) is 5.84. The number of allylic oxidation sites excluding steroid dienone is 3. The van der Waals surface area contributed by atoms with Crippen LogP contribution < -0.4 is 5.32 Å². The summed E-state index contributed by atoms with van der Waals surface area (Å²) in [5.41, 5.74) is 2.67. The highest BCUT2D eigenvalue weighted by Gasteiger charge is 2.48. The number of amides is 1. The molecule has 0 aliphatic heterocycles. The first-order chi connectivity index (χ1) is 16.9.